The molecule has 0 N–H and O–H groups in total. The zero-order valence-corrected chi connectivity index (χ0v) is 7.64. The van der Waals surface area contributed by atoms with Crippen molar-refractivity contribution in [1.29, 1.82) is 0 Å². The molecule has 0 radical (unpaired) electrons. The van der Waals surface area contributed by atoms with E-state index in [4.69, 9.17) is 0 Å². The lowest BCUT2D eigenvalue weighted by Crippen LogP contribution is -2.25. The van der Waals surface area contributed by atoms with Gasteiger partial charge in [-0.2, -0.15) is 0 Å². The normalized spacial score (nSPS) is 43.5. The average Bonchev–Trinajstić information content (AvgIpc) is 2.01. The maximum Gasteiger partial charge on any atom is -0.0231 e. The molecule has 0 nitrogen and oxygen atoms in total. The smallest absolute Gasteiger partial charge is 0.0231 e. The molecule has 2 aliphatic carbocycles. The van der Waals surface area contributed by atoms with Crippen molar-refractivity contribution in [1.82, 2.24) is 0 Å². The third-order valence-corrected chi connectivity index (χ3v) is 3.67. The molecule has 0 aromatic carbocycles. The van der Waals surface area contributed by atoms with Crippen LogP contribution in [-0.4, -0.2) is 0 Å². The first-order valence-electron chi connectivity index (χ1n) is 4.97. The van der Waals surface area contributed by atoms with Crippen LogP contribution in [0, 0.1) is 17.8 Å². The molecule has 0 saturated heterocycles. The largest absolute Gasteiger partial charge is 0.0822 e. The van der Waals surface area contributed by atoms with Gasteiger partial charge in [-0.05, 0) is 43.4 Å². The van der Waals surface area contributed by atoms with Crippen LogP contribution in [0.1, 0.15) is 39.5 Å². The van der Waals surface area contributed by atoms with Gasteiger partial charge in [-0.3, -0.25) is 0 Å². The Morgan fingerprint density at radius 2 is 2.18 bits per heavy atom. The summed E-state index contributed by atoms with van der Waals surface area (Å²) in [5, 5.41) is 0. The summed E-state index contributed by atoms with van der Waals surface area (Å²) in [6.07, 6.45) is 8.29. The molecule has 3 unspecified atom stereocenters. The molecule has 3 atom stereocenters. The third-order valence-electron chi connectivity index (χ3n) is 3.67. The molecule has 1 fully saturated rings. The van der Waals surface area contributed by atoms with Crippen molar-refractivity contribution < 1.29 is 0 Å². The van der Waals surface area contributed by atoms with E-state index in [1.165, 1.54) is 25.7 Å². The van der Waals surface area contributed by atoms with Crippen LogP contribution in [0.3, 0.4) is 0 Å². The Morgan fingerprint density at radius 1 is 1.36 bits per heavy atom. The van der Waals surface area contributed by atoms with Crippen LogP contribution in [0.2, 0.25) is 0 Å². The van der Waals surface area contributed by atoms with Crippen LogP contribution in [0.4, 0.5) is 0 Å². The summed E-state index contributed by atoms with van der Waals surface area (Å²) in [5.74, 6) is 2.82. The molecule has 2 rings (SSSR count). The highest BCUT2D eigenvalue weighted by atomic mass is 14.3. The maximum atomic E-state index is 2.53. The van der Waals surface area contributed by atoms with Crippen LogP contribution in [-0.2, 0) is 0 Å². The van der Waals surface area contributed by atoms with Gasteiger partial charge in [-0.1, -0.05) is 25.5 Å². The first kappa shape index (κ1) is 7.39. The van der Waals surface area contributed by atoms with Crippen molar-refractivity contribution in [2.45, 2.75) is 39.5 Å². The summed E-state index contributed by atoms with van der Waals surface area (Å²) in [6, 6.07) is 0. The van der Waals surface area contributed by atoms with Gasteiger partial charge in [0.25, 0.3) is 0 Å². The fraction of sp³-hybridized carbons (Fsp3) is 0.818. The second-order valence-electron chi connectivity index (χ2n) is 4.40. The Kier molecular flexibility index (Phi) is 1.78. The monoisotopic (exact) mass is 150 g/mol. The highest BCUT2D eigenvalue weighted by Crippen LogP contribution is 2.41. The van der Waals surface area contributed by atoms with Crippen LogP contribution >= 0.6 is 0 Å². The molecule has 62 valence electrons. The average molecular weight is 150 g/mol. The van der Waals surface area contributed by atoms with Crippen molar-refractivity contribution in [3.8, 4) is 0 Å². The second-order valence-corrected chi connectivity index (χ2v) is 4.40. The van der Waals surface area contributed by atoms with Gasteiger partial charge in [0.1, 0.15) is 0 Å². The fourth-order valence-corrected chi connectivity index (χ4v) is 2.69. The standard InChI is InChI=1S/C11H18/c1-8-6-10-4-3-5-11(7-10)9(8)2/h6,8-9,11H,3-5,7H2,1-2H3. The Hall–Kier alpha value is -0.260. The van der Waals surface area contributed by atoms with Gasteiger partial charge >= 0.3 is 0 Å². The molecule has 0 aromatic rings. The van der Waals surface area contributed by atoms with Crippen LogP contribution in [0.15, 0.2) is 11.6 Å². The highest BCUT2D eigenvalue weighted by Gasteiger charge is 2.29. The molecule has 0 aliphatic heterocycles. The molecule has 0 heterocycles. The van der Waals surface area contributed by atoms with Gasteiger partial charge in [0.2, 0.25) is 0 Å². The first-order valence-corrected chi connectivity index (χ1v) is 4.97. The van der Waals surface area contributed by atoms with Gasteiger partial charge in [0, 0.05) is 0 Å². The van der Waals surface area contributed by atoms with Crippen molar-refractivity contribution in [2.75, 3.05) is 0 Å². The summed E-state index contributed by atoms with van der Waals surface area (Å²) < 4.78 is 0. The van der Waals surface area contributed by atoms with E-state index >= 15 is 0 Å². The van der Waals surface area contributed by atoms with E-state index in [0.717, 1.165) is 17.8 Å². The predicted molar refractivity (Wildman–Crippen MR) is 48.4 cm³/mol. The number of fused-ring (bicyclic) bond motifs is 2. The van der Waals surface area contributed by atoms with Crippen molar-refractivity contribution in [3.05, 3.63) is 11.6 Å². The van der Waals surface area contributed by atoms with E-state index < -0.39 is 0 Å². The summed E-state index contributed by atoms with van der Waals surface area (Å²) in [4.78, 5) is 0. The second kappa shape index (κ2) is 2.66. The molecule has 2 aliphatic rings. The minimum atomic E-state index is 0.851. The molecule has 2 bridgehead atoms. The van der Waals surface area contributed by atoms with E-state index in [0.29, 0.717) is 0 Å². The number of rotatable bonds is 0. The van der Waals surface area contributed by atoms with Crippen molar-refractivity contribution in [3.63, 3.8) is 0 Å². The number of allylic oxidation sites excluding steroid dienone is 2. The summed E-state index contributed by atoms with van der Waals surface area (Å²) in [7, 11) is 0. The molecule has 0 spiro atoms. The van der Waals surface area contributed by atoms with Gasteiger partial charge < -0.3 is 0 Å². The van der Waals surface area contributed by atoms with Gasteiger partial charge in [-0.25, -0.2) is 0 Å². The van der Waals surface area contributed by atoms with E-state index in [9.17, 15) is 0 Å². The quantitative estimate of drug-likeness (QED) is 0.464. The maximum absolute atomic E-state index is 2.53. The minimum absolute atomic E-state index is 0.851. The molecular weight excluding hydrogens is 132 g/mol. The van der Waals surface area contributed by atoms with Crippen LogP contribution in [0.25, 0.3) is 0 Å². The van der Waals surface area contributed by atoms with E-state index in [2.05, 4.69) is 19.9 Å². The van der Waals surface area contributed by atoms with Crippen LogP contribution in [0.5, 0.6) is 0 Å². The Labute approximate surface area is 69.7 Å². The van der Waals surface area contributed by atoms with Gasteiger partial charge in [0.05, 0.1) is 0 Å². The van der Waals surface area contributed by atoms with Gasteiger partial charge in [-0.15, -0.1) is 0 Å². The summed E-state index contributed by atoms with van der Waals surface area (Å²) in [5.41, 5.74) is 1.76. The zero-order valence-electron chi connectivity index (χ0n) is 7.64. The van der Waals surface area contributed by atoms with E-state index in [1.54, 1.807) is 5.57 Å². The predicted octanol–water partition coefficient (Wildman–Crippen LogP) is 3.39. The molecule has 0 amide bonds. The fourth-order valence-electron chi connectivity index (χ4n) is 2.69. The number of hydrogen-bond donors (Lipinski definition) is 0. The lowest BCUT2D eigenvalue weighted by atomic mass is 9.69. The molecule has 1 saturated carbocycles. The topological polar surface area (TPSA) is 0 Å². The molecule has 0 heteroatoms. The molecular formula is C11H18. The van der Waals surface area contributed by atoms with Gasteiger partial charge in [0.15, 0.2) is 0 Å². The summed E-state index contributed by atoms with van der Waals surface area (Å²) >= 11 is 0. The highest BCUT2D eigenvalue weighted by molar-refractivity contribution is 5.13. The van der Waals surface area contributed by atoms with Crippen molar-refractivity contribution in [2.24, 2.45) is 17.8 Å². The van der Waals surface area contributed by atoms with E-state index in [1.807, 2.05) is 0 Å². The first-order chi connectivity index (χ1) is 5.27. The lowest BCUT2D eigenvalue weighted by molar-refractivity contribution is 0.233. The molecule has 0 aromatic heterocycles. The van der Waals surface area contributed by atoms with E-state index in [-0.39, 0.29) is 0 Å². The number of hydrogen-bond acceptors (Lipinski definition) is 0. The minimum Gasteiger partial charge on any atom is -0.0822 e. The third kappa shape index (κ3) is 1.23. The Bertz CT molecular complexity index is 178. The Balaban J connectivity index is 2.21. The molecule has 11 heavy (non-hydrogen) atoms. The van der Waals surface area contributed by atoms with Crippen molar-refractivity contribution >= 4 is 0 Å². The SMILES string of the molecule is CC1C=C2CCCC(C2)C1C. The Morgan fingerprint density at radius 3 is 3.00 bits per heavy atom. The summed E-state index contributed by atoms with van der Waals surface area (Å²) in [6.45, 7) is 4.80. The van der Waals surface area contributed by atoms with Crippen LogP contribution < -0.4 is 0 Å². The zero-order chi connectivity index (χ0) is 7.84. The lowest BCUT2D eigenvalue weighted by Gasteiger charge is -2.37.